The van der Waals surface area contributed by atoms with Crippen LogP contribution in [0.3, 0.4) is 0 Å². The van der Waals surface area contributed by atoms with Gasteiger partial charge in [0.1, 0.15) is 0 Å². The van der Waals surface area contributed by atoms with Crippen molar-refractivity contribution < 1.29 is 4.79 Å². The van der Waals surface area contributed by atoms with Crippen LogP contribution in [0.2, 0.25) is 0 Å². The Hall–Kier alpha value is -0.530. The average Bonchev–Trinajstić information content (AvgIpc) is 2.05. The van der Waals surface area contributed by atoms with Crippen molar-refractivity contribution in [2.24, 2.45) is 11.3 Å². The Morgan fingerprint density at radius 1 is 1.54 bits per heavy atom. The summed E-state index contributed by atoms with van der Waals surface area (Å²) >= 11 is 0. The Bertz CT molecular complexity index is 198. The molecule has 1 saturated heterocycles. The van der Waals surface area contributed by atoms with Crippen LogP contribution in [0.5, 0.6) is 0 Å². The number of hydrogen-bond acceptors (Lipinski definition) is 1. The molecule has 2 nitrogen and oxygen atoms in total. The van der Waals surface area contributed by atoms with Gasteiger partial charge in [-0.05, 0) is 24.7 Å². The summed E-state index contributed by atoms with van der Waals surface area (Å²) in [4.78, 5) is 13.7. The number of rotatable bonds is 1. The fraction of sp³-hybridized carbons (Fsp3) is 0.909. The predicted molar refractivity (Wildman–Crippen MR) is 54.4 cm³/mol. The van der Waals surface area contributed by atoms with Crippen LogP contribution >= 0.6 is 0 Å². The van der Waals surface area contributed by atoms with Gasteiger partial charge < -0.3 is 4.90 Å². The van der Waals surface area contributed by atoms with Crippen molar-refractivity contribution in [1.29, 1.82) is 0 Å². The third kappa shape index (κ3) is 2.71. The van der Waals surface area contributed by atoms with Gasteiger partial charge in [0, 0.05) is 19.5 Å². The molecule has 1 atom stereocenters. The Balaban J connectivity index is 2.73. The summed E-state index contributed by atoms with van der Waals surface area (Å²) in [6.45, 7) is 10.5. The average molecular weight is 183 g/mol. The van der Waals surface area contributed by atoms with E-state index in [1.807, 2.05) is 4.90 Å². The number of nitrogens with zero attached hydrogens (tertiary/aromatic N) is 1. The molecule has 13 heavy (non-hydrogen) atoms. The maximum atomic E-state index is 11.7. The third-order valence-corrected chi connectivity index (χ3v) is 2.80. The second kappa shape index (κ2) is 3.69. The van der Waals surface area contributed by atoms with Crippen molar-refractivity contribution in [2.75, 3.05) is 13.1 Å². The molecular formula is C11H21NO. The Morgan fingerprint density at radius 2 is 2.15 bits per heavy atom. The highest BCUT2D eigenvalue weighted by Crippen LogP contribution is 2.33. The molecule has 76 valence electrons. The molecule has 0 spiro atoms. The van der Waals surface area contributed by atoms with Crippen LogP contribution in [0, 0.1) is 11.3 Å². The molecule has 2 heteroatoms. The summed E-state index contributed by atoms with van der Waals surface area (Å²) in [5.41, 5.74) is 0.195. The van der Waals surface area contributed by atoms with Crippen molar-refractivity contribution in [1.82, 2.24) is 4.90 Å². The first-order chi connectivity index (χ1) is 5.94. The summed E-state index contributed by atoms with van der Waals surface area (Å²) < 4.78 is 0. The smallest absolute Gasteiger partial charge is 0.223 e. The van der Waals surface area contributed by atoms with Gasteiger partial charge in [-0.2, -0.15) is 0 Å². The monoisotopic (exact) mass is 183 g/mol. The first-order valence-electron chi connectivity index (χ1n) is 5.22. The lowest BCUT2D eigenvalue weighted by Crippen LogP contribution is -2.32. The fourth-order valence-corrected chi connectivity index (χ4v) is 2.38. The number of likely N-dealkylation sites (tertiary alicyclic amines) is 1. The number of carbonyl (C=O) groups is 1. The van der Waals surface area contributed by atoms with Gasteiger partial charge in [-0.15, -0.1) is 0 Å². The molecule has 0 aliphatic carbocycles. The molecule has 1 aliphatic heterocycles. The Kier molecular flexibility index (Phi) is 2.99. The second-order valence-corrected chi connectivity index (χ2v) is 5.08. The van der Waals surface area contributed by atoms with Crippen LogP contribution in [-0.2, 0) is 4.79 Å². The SMILES string of the molecule is CCN1CC(C)CC(C)(C)CC1=O. The van der Waals surface area contributed by atoms with Gasteiger partial charge in [0.05, 0.1) is 0 Å². The summed E-state index contributed by atoms with van der Waals surface area (Å²) in [5, 5.41) is 0. The third-order valence-electron chi connectivity index (χ3n) is 2.80. The zero-order chi connectivity index (χ0) is 10.1. The molecule has 1 unspecified atom stereocenters. The van der Waals surface area contributed by atoms with Gasteiger partial charge in [-0.1, -0.05) is 20.8 Å². The van der Waals surface area contributed by atoms with Crippen LogP contribution in [0.4, 0.5) is 0 Å². The van der Waals surface area contributed by atoms with E-state index in [0.29, 0.717) is 18.2 Å². The van der Waals surface area contributed by atoms with E-state index in [9.17, 15) is 4.79 Å². The van der Waals surface area contributed by atoms with Crippen molar-refractivity contribution in [3.8, 4) is 0 Å². The quantitative estimate of drug-likeness (QED) is 0.611. The minimum absolute atomic E-state index is 0.195. The van der Waals surface area contributed by atoms with Crippen LogP contribution < -0.4 is 0 Å². The lowest BCUT2D eigenvalue weighted by molar-refractivity contribution is -0.132. The molecule has 1 aliphatic rings. The molecule has 1 rings (SSSR count). The molecule has 1 fully saturated rings. The maximum Gasteiger partial charge on any atom is 0.223 e. The van der Waals surface area contributed by atoms with Crippen LogP contribution in [-0.4, -0.2) is 23.9 Å². The lowest BCUT2D eigenvalue weighted by Gasteiger charge is -2.22. The highest BCUT2D eigenvalue weighted by Gasteiger charge is 2.31. The molecule has 1 amide bonds. The number of amides is 1. The lowest BCUT2D eigenvalue weighted by atomic mass is 9.82. The molecule has 0 N–H and O–H groups in total. The van der Waals surface area contributed by atoms with Crippen LogP contribution in [0.25, 0.3) is 0 Å². The molecule has 0 aromatic rings. The summed E-state index contributed by atoms with van der Waals surface area (Å²) in [5.74, 6) is 0.971. The van der Waals surface area contributed by atoms with Crippen molar-refractivity contribution in [3.05, 3.63) is 0 Å². The largest absolute Gasteiger partial charge is 0.343 e. The van der Waals surface area contributed by atoms with E-state index in [1.165, 1.54) is 0 Å². The topological polar surface area (TPSA) is 20.3 Å². The van der Waals surface area contributed by atoms with Gasteiger partial charge in [0.15, 0.2) is 0 Å². The number of carbonyl (C=O) groups excluding carboxylic acids is 1. The van der Waals surface area contributed by atoms with Gasteiger partial charge >= 0.3 is 0 Å². The molecule has 0 radical (unpaired) electrons. The molecule has 0 aromatic carbocycles. The van der Waals surface area contributed by atoms with E-state index < -0.39 is 0 Å². The molecular weight excluding hydrogens is 162 g/mol. The van der Waals surface area contributed by atoms with E-state index in [1.54, 1.807) is 0 Å². The first kappa shape index (κ1) is 10.6. The van der Waals surface area contributed by atoms with Gasteiger partial charge in [-0.25, -0.2) is 0 Å². The minimum Gasteiger partial charge on any atom is -0.343 e. The Morgan fingerprint density at radius 3 is 2.69 bits per heavy atom. The zero-order valence-corrected chi connectivity index (χ0v) is 9.26. The molecule has 0 aromatic heterocycles. The van der Waals surface area contributed by atoms with Gasteiger partial charge in [0.25, 0.3) is 0 Å². The predicted octanol–water partition coefficient (Wildman–Crippen LogP) is 2.29. The van der Waals surface area contributed by atoms with E-state index >= 15 is 0 Å². The van der Waals surface area contributed by atoms with Crippen molar-refractivity contribution in [2.45, 2.75) is 40.5 Å². The van der Waals surface area contributed by atoms with Crippen LogP contribution in [0.1, 0.15) is 40.5 Å². The van der Waals surface area contributed by atoms with E-state index in [0.717, 1.165) is 19.5 Å². The second-order valence-electron chi connectivity index (χ2n) is 5.08. The first-order valence-corrected chi connectivity index (χ1v) is 5.22. The summed E-state index contributed by atoms with van der Waals surface area (Å²) in [6.07, 6.45) is 1.88. The van der Waals surface area contributed by atoms with Crippen molar-refractivity contribution in [3.63, 3.8) is 0 Å². The standard InChI is InChI=1S/C11H21NO/c1-5-12-8-9(2)6-11(3,4)7-10(12)13/h9H,5-8H2,1-4H3. The van der Waals surface area contributed by atoms with Gasteiger partial charge in [0.2, 0.25) is 5.91 Å². The van der Waals surface area contributed by atoms with Crippen molar-refractivity contribution >= 4 is 5.91 Å². The Labute approximate surface area is 81.3 Å². The summed E-state index contributed by atoms with van der Waals surface area (Å²) in [7, 11) is 0. The highest BCUT2D eigenvalue weighted by atomic mass is 16.2. The van der Waals surface area contributed by atoms with E-state index in [2.05, 4.69) is 27.7 Å². The fourth-order valence-electron chi connectivity index (χ4n) is 2.38. The molecule has 0 bridgehead atoms. The van der Waals surface area contributed by atoms with E-state index in [4.69, 9.17) is 0 Å². The molecule has 0 saturated carbocycles. The normalized spacial score (nSPS) is 28.8. The van der Waals surface area contributed by atoms with Crippen LogP contribution in [0.15, 0.2) is 0 Å². The van der Waals surface area contributed by atoms with E-state index in [-0.39, 0.29) is 5.41 Å². The summed E-state index contributed by atoms with van der Waals surface area (Å²) in [6, 6.07) is 0. The van der Waals surface area contributed by atoms with Gasteiger partial charge in [-0.3, -0.25) is 4.79 Å². The highest BCUT2D eigenvalue weighted by molar-refractivity contribution is 5.77. The molecule has 1 heterocycles. The minimum atomic E-state index is 0.195. The number of hydrogen-bond donors (Lipinski definition) is 0. The maximum absolute atomic E-state index is 11.7. The zero-order valence-electron chi connectivity index (χ0n) is 9.26.